The monoisotopic (exact) mass is 594 g/mol. The van der Waals surface area contributed by atoms with E-state index in [-0.39, 0.29) is 23.7 Å². The van der Waals surface area contributed by atoms with Gasteiger partial charge in [-0.25, -0.2) is 4.98 Å². The van der Waals surface area contributed by atoms with Crippen molar-refractivity contribution >= 4 is 45.4 Å². The van der Waals surface area contributed by atoms with Crippen molar-refractivity contribution in [3.05, 3.63) is 128 Å². The second-order valence-corrected chi connectivity index (χ2v) is 9.89. The molecular formula is C32H23ClN4O6. The van der Waals surface area contributed by atoms with Gasteiger partial charge < -0.3 is 13.9 Å². The summed E-state index contributed by atoms with van der Waals surface area (Å²) >= 11 is 6.16. The molecule has 0 N–H and O–H groups in total. The van der Waals surface area contributed by atoms with Crippen LogP contribution >= 0.6 is 11.6 Å². The average Bonchev–Trinajstić information content (AvgIpc) is 3.43. The van der Waals surface area contributed by atoms with E-state index in [9.17, 15) is 14.9 Å². The number of rotatable bonds is 9. The van der Waals surface area contributed by atoms with Gasteiger partial charge in [0.15, 0.2) is 17.3 Å². The second kappa shape index (κ2) is 11.8. The molecule has 0 fully saturated rings. The van der Waals surface area contributed by atoms with Gasteiger partial charge in [-0.05, 0) is 84.8 Å². The highest BCUT2D eigenvalue weighted by atomic mass is 35.5. The molecule has 0 saturated carbocycles. The number of aromatic nitrogens is 2. The Kier molecular flexibility index (Phi) is 7.59. The zero-order valence-corrected chi connectivity index (χ0v) is 23.5. The molecule has 43 heavy (non-hydrogen) atoms. The van der Waals surface area contributed by atoms with Crippen LogP contribution in [0, 0.1) is 10.1 Å². The number of non-ortho nitro benzene ring substituents is 1. The molecule has 6 aromatic rings. The highest BCUT2D eigenvalue weighted by molar-refractivity contribution is 6.31. The first-order chi connectivity index (χ1) is 20.9. The van der Waals surface area contributed by atoms with E-state index < -0.39 is 4.92 Å². The predicted octanol–water partition coefficient (Wildman–Crippen LogP) is 7.23. The van der Waals surface area contributed by atoms with Crippen molar-refractivity contribution in [1.82, 2.24) is 9.66 Å². The van der Waals surface area contributed by atoms with Gasteiger partial charge in [0, 0.05) is 22.5 Å². The zero-order valence-electron chi connectivity index (χ0n) is 22.8. The van der Waals surface area contributed by atoms with Crippen LogP contribution in [0.1, 0.15) is 18.1 Å². The Bertz CT molecular complexity index is 2070. The van der Waals surface area contributed by atoms with Crippen LogP contribution in [0.5, 0.6) is 11.5 Å². The minimum atomic E-state index is -0.449. The maximum atomic E-state index is 13.6. The summed E-state index contributed by atoms with van der Waals surface area (Å²) in [5, 5.41) is 17.2. The van der Waals surface area contributed by atoms with E-state index in [1.54, 1.807) is 72.8 Å². The average molecular weight is 595 g/mol. The molecule has 0 atom stereocenters. The molecule has 2 heterocycles. The Labute approximate surface area is 249 Å². The summed E-state index contributed by atoms with van der Waals surface area (Å²) in [6, 6.07) is 25.5. The molecular weight excluding hydrogens is 572 g/mol. The van der Waals surface area contributed by atoms with Crippen LogP contribution in [0.2, 0.25) is 5.02 Å². The summed E-state index contributed by atoms with van der Waals surface area (Å²) < 4.78 is 19.0. The number of benzene rings is 4. The molecule has 4 aromatic carbocycles. The highest BCUT2D eigenvalue weighted by Gasteiger charge is 2.17. The minimum absolute atomic E-state index is 0.0102. The van der Waals surface area contributed by atoms with Crippen molar-refractivity contribution in [2.45, 2.75) is 13.5 Å². The number of furan rings is 1. The minimum Gasteiger partial charge on any atom is -0.490 e. The molecule has 0 unspecified atom stereocenters. The first kappa shape index (κ1) is 27.7. The van der Waals surface area contributed by atoms with Crippen molar-refractivity contribution in [3.8, 4) is 23.1 Å². The number of nitro benzene ring substituents is 1. The molecule has 0 radical (unpaired) electrons. The highest BCUT2D eigenvalue weighted by Crippen LogP contribution is 2.31. The lowest BCUT2D eigenvalue weighted by atomic mass is 10.2. The molecule has 0 aliphatic carbocycles. The van der Waals surface area contributed by atoms with Crippen LogP contribution in [0.3, 0.4) is 0 Å². The SMILES string of the molecule is CCOc1cc(C=Nn2c(-c3cc4cc(Cl)ccc4o3)nc3ccccc3c2=O)ccc1OCc1ccc([N+](=O)[O-])cc1. The number of fused-ring (bicyclic) bond motifs is 2. The van der Waals surface area contributed by atoms with Gasteiger partial charge in [-0.2, -0.15) is 9.78 Å². The Hall–Kier alpha value is -5.48. The number of nitro groups is 1. The Morgan fingerprint density at radius 2 is 1.81 bits per heavy atom. The van der Waals surface area contributed by atoms with Gasteiger partial charge in [-0.1, -0.05) is 23.7 Å². The van der Waals surface area contributed by atoms with Crippen LogP contribution in [0.25, 0.3) is 33.5 Å². The molecule has 0 saturated heterocycles. The van der Waals surface area contributed by atoms with Crippen molar-refractivity contribution in [2.24, 2.45) is 5.10 Å². The van der Waals surface area contributed by atoms with Crippen molar-refractivity contribution in [2.75, 3.05) is 6.61 Å². The van der Waals surface area contributed by atoms with Gasteiger partial charge in [0.2, 0.25) is 5.82 Å². The fourth-order valence-corrected chi connectivity index (χ4v) is 4.69. The van der Waals surface area contributed by atoms with Gasteiger partial charge in [0.1, 0.15) is 12.2 Å². The van der Waals surface area contributed by atoms with Gasteiger partial charge in [0.25, 0.3) is 11.2 Å². The number of para-hydroxylation sites is 1. The molecule has 214 valence electrons. The van der Waals surface area contributed by atoms with E-state index in [1.807, 2.05) is 13.0 Å². The third kappa shape index (κ3) is 5.81. The van der Waals surface area contributed by atoms with E-state index in [1.165, 1.54) is 23.0 Å². The predicted molar refractivity (Wildman–Crippen MR) is 164 cm³/mol. The maximum Gasteiger partial charge on any atom is 0.282 e. The third-order valence-electron chi connectivity index (χ3n) is 6.58. The van der Waals surface area contributed by atoms with Crippen molar-refractivity contribution in [3.63, 3.8) is 0 Å². The van der Waals surface area contributed by atoms with E-state index in [0.29, 0.717) is 50.9 Å². The summed E-state index contributed by atoms with van der Waals surface area (Å²) in [6.45, 7) is 2.44. The maximum absolute atomic E-state index is 13.6. The summed E-state index contributed by atoms with van der Waals surface area (Å²) in [6.07, 6.45) is 1.53. The van der Waals surface area contributed by atoms with E-state index in [0.717, 1.165) is 10.9 Å². The molecule has 0 bridgehead atoms. The van der Waals surface area contributed by atoms with E-state index in [2.05, 4.69) is 5.10 Å². The fraction of sp³-hybridized carbons (Fsp3) is 0.0938. The molecule has 0 aliphatic heterocycles. The number of hydrogen-bond acceptors (Lipinski definition) is 8. The molecule has 10 nitrogen and oxygen atoms in total. The Balaban J connectivity index is 1.34. The topological polar surface area (TPSA) is 122 Å². The van der Waals surface area contributed by atoms with E-state index in [4.69, 9.17) is 30.5 Å². The summed E-state index contributed by atoms with van der Waals surface area (Å²) in [5.41, 5.74) is 2.18. The summed E-state index contributed by atoms with van der Waals surface area (Å²) in [7, 11) is 0. The van der Waals surface area contributed by atoms with E-state index >= 15 is 0 Å². The number of halogens is 1. The Morgan fingerprint density at radius 1 is 1.00 bits per heavy atom. The van der Waals surface area contributed by atoms with Crippen molar-refractivity contribution < 1.29 is 18.8 Å². The molecule has 0 aliphatic rings. The molecule has 6 rings (SSSR count). The van der Waals surface area contributed by atoms with Crippen LogP contribution in [0.4, 0.5) is 5.69 Å². The van der Waals surface area contributed by atoms with Crippen LogP contribution < -0.4 is 15.0 Å². The first-order valence-corrected chi connectivity index (χ1v) is 13.7. The van der Waals surface area contributed by atoms with Crippen LogP contribution in [-0.2, 0) is 6.61 Å². The van der Waals surface area contributed by atoms with Crippen molar-refractivity contribution in [1.29, 1.82) is 0 Å². The zero-order chi connectivity index (χ0) is 29.9. The fourth-order valence-electron chi connectivity index (χ4n) is 4.51. The van der Waals surface area contributed by atoms with Crippen LogP contribution in [0.15, 0.2) is 105 Å². The lowest BCUT2D eigenvalue weighted by molar-refractivity contribution is -0.384. The molecule has 0 amide bonds. The quantitative estimate of drug-likeness (QED) is 0.0982. The second-order valence-electron chi connectivity index (χ2n) is 9.46. The normalized spacial score (nSPS) is 11.4. The Morgan fingerprint density at radius 3 is 2.60 bits per heavy atom. The standard InChI is InChI=1S/C32H23ClN4O6/c1-2-41-29-15-21(9-13-28(29)42-19-20-7-11-24(12-8-20)37(39)40)18-34-36-31(35-26-6-4-3-5-25(26)32(36)38)30-17-22-16-23(33)10-14-27(22)43-30/h3-18H,2,19H2,1H3. The smallest absolute Gasteiger partial charge is 0.282 e. The number of ether oxygens (including phenoxy) is 2. The third-order valence-corrected chi connectivity index (χ3v) is 6.82. The molecule has 2 aromatic heterocycles. The number of hydrogen-bond donors (Lipinski definition) is 0. The summed E-state index contributed by atoms with van der Waals surface area (Å²) in [4.78, 5) is 28.8. The molecule has 11 heteroatoms. The number of nitrogens with zero attached hydrogens (tertiary/aromatic N) is 4. The largest absolute Gasteiger partial charge is 0.490 e. The lowest BCUT2D eigenvalue weighted by Gasteiger charge is -2.13. The van der Waals surface area contributed by atoms with Gasteiger partial charge in [0.05, 0.1) is 28.6 Å². The van der Waals surface area contributed by atoms with Gasteiger partial charge >= 0.3 is 0 Å². The summed E-state index contributed by atoms with van der Waals surface area (Å²) in [5.74, 6) is 1.57. The first-order valence-electron chi connectivity index (χ1n) is 13.3. The lowest BCUT2D eigenvalue weighted by Crippen LogP contribution is -2.20. The van der Waals surface area contributed by atoms with Crippen LogP contribution in [-0.4, -0.2) is 27.4 Å². The van der Waals surface area contributed by atoms with Gasteiger partial charge in [-0.15, -0.1) is 0 Å². The van der Waals surface area contributed by atoms with Gasteiger partial charge in [-0.3, -0.25) is 14.9 Å². The molecule has 0 spiro atoms.